The van der Waals surface area contributed by atoms with E-state index < -0.39 is 0 Å². The van der Waals surface area contributed by atoms with Crippen LogP contribution in [0, 0.1) is 18.3 Å². The number of aryl methyl sites for hydroxylation is 1. The number of methoxy groups -OCH3 is 1. The molecule has 0 saturated heterocycles. The Labute approximate surface area is 107 Å². The molecule has 0 N–H and O–H groups in total. The van der Waals surface area contributed by atoms with E-state index in [1.54, 1.807) is 13.2 Å². The lowest BCUT2D eigenvalue weighted by molar-refractivity contribution is 0.222. The summed E-state index contributed by atoms with van der Waals surface area (Å²) in [4.78, 5) is 10.7. The van der Waals surface area contributed by atoms with Gasteiger partial charge in [-0.3, -0.25) is 0 Å². The van der Waals surface area contributed by atoms with Crippen LogP contribution in [0.5, 0.6) is 0 Å². The highest BCUT2D eigenvalue weighted by atomic mass is 16.5. The molecular formula is C13H16N4O. The second-order valence-corrected chi connectivity index (χ2v) is 4.30. The van der Waals surface area contributed by atoms with Crippen LogP contribution in [0.25, 0.3) is 0 Å². The van der Waals surface area contributed by atoms with E-state index in [-0.39, 0.29) is 0 Å². The molecular weight excluding hydrogens is 228 g/mol. The first kappa shape index (κ1) is 12.5. The van der Waals surface area contributed by atoms with Crippen LogP contribution in [0.1, 0.15) is 17.8 Å². The van der Waals surface area contributed by atoms with Gasteiger partial charge in [-0.1, -0.05) is 6.08 Å². The molecule has 18 heavy (non-hydrogen) atoms. The minimum absolute atomic E-state index is 0.421. The average Bonchev–Trinajstić information content (AvgIpc) is 2.39. The van der Waals surface area contributed by atoms with Gasteiger partial charge in [-0.2, -0.15) is 5.26 Å². The zero-order valence-corrected chi connectivity index (χ0v) is 10.7. The normalized spacial score (nSPS) is 15.2. The highest BCUT2D eigenvalue weighted by Gasteiger charge is 2.15. The van der Waals surface area contributed by atoms with Crippen LogP contribution in [-0.4, -0.2) is 36.8 Å². The predicted molar refractivity (Wildman–Crippen MR) is 68.3 cm³/mol. The summed E-state index contributed by atoms with van der Waals surface area (Å²) in [6, 6.07) is 3.76. The largest absolute Gasteiger partial charge is 0.380 e. The molecule has 2 rings (SSSR count). The quantitative estimate of drug-likeness (QED) is 0.753. The van der Waals surface area contributed by atoms with Gasteiger partial charge in [0.2, 0.25) is 5.95 Å². The summed E-state index contributed by atoms with van der Waals surface area (Å²) >= 11 is 0. The summed E-state index contributed by atoms with van der Waals surface area (Å²) < 4.78 is 5.12. The SMILES string of the molecule is COCC1=CCN(c2nc(C)cc(C#N)n2)CC1. The number of hydrogen-bond acceptors (Lipinski definition) is 5. The monoisotopic (exact) mass is 244 g/mol. The standard InChI is InChI=1S/C13H16N4O/c1-10-7-12(8-14)16-13(15-10)17-5-3-11(4-6-17)9-18-2/h3,7H,4-6,9H2,1-2H3. The molecule has 94 valence electrons. The van der Waals surface area contributed by atoms with Crippen molar-refractivity contribution in [2.75, 3.05) is 31.7 Å². The van der Waals surface area contributed by atoms with Crippen molar-refractivity contribution < 1.29 is 4.74 Å². The Hall–Kier alpha value is -1.93. The molecule has 1 aromatic rings. The van der Waals surface area contributed by atoms with Gasteiger partial charge in [-0.15, -0.1) is 0 Å². The minimum atomic E-state index is 0.421. The van der Waals surface area contributed by atoms with Gasteiger partial charge >= 0.3 is 0 Å². The number of nitriles is 1. The van der Waals surface area contributed by atoms with Gasteiger partial charge in [0, 0.05) is 25.9 Å². The molecule has 5 heteroatoms. The van der Waals surface area contributed by atoms with E-state index in [1.165, 1.54) is 5.57 Å². The van der Waals surface area contributed by atoms with E-state index in [4.69, 9.17) is 10.00 Å². The molecule has 1 aliphatic rings. The summed E-state index contributed by atoms with van der Waals surface area (Å²) in [7, 11) is 1.70. The third kappa shape index (κ3) is 2.84. The minimum Gasteiger partial charge on any atom is -0.380 e. The van der Waals surface area contributed by atoms with Gasteiger partial charge < -0.3 is 9.64 Å². The van der Waals surface area contributed by atoms with E-state index in [2.05, 4.69) is 27.0 Å². The highest BCUT2D eigenvalue weighted by Crippen LogP contribution is 2.16. The van der Waals surface area contributed by atoms with Crippen LogP contribution in [-0.2, 0) is 4.74 Å². The number of nitrogens with zero attached hydrogens (tertiary/aromatic N) is 4. The zero-order valence-electron chi connectivity index (χ0n) is 10.7. The predicted octanol–water partition coefficient (Wildman–Crippen LogP) is 1.44. The summed E-state index contributed by atoms with van der Waals surface area (Å²) in [5.41, 5.74) is 2.55. The summed E-state index contributed by atoms with van der Waals surface area (Å²) in [6.45, 7) is 4.20. The zero-order chi connectivity index (χ0) is 13.0. The van der Waals surface area contributed by atoms with E-state index in [1.807, 2.05) is 6.92 Å². The first-order valence-electron chi connectivity index (χ1n) is 5.90. The fourth-order valence-electron chi connectivity index (χ4n) is 1.96. The number of anilines is 1. The molecule has 0 amide bonds. The molecule has 0 unspecified atom stereocenters. The van der Waals surface area contributed by atoms with E-state index >= 15 is 0 Å². The van der Waals surface area contributed by atoms with Crippen molar-refractivity contribution in [3.8, 4) is 6.07 Å². The lowest BCUT2D eigenvalue weighted by atomic mass is 10.1. The van der Waals surface area contributed by atoms with Gasteiger partial charge in [0.1, 0.15) is 11.8 Å². The fourth-order valence-corrected chi connectivity index (χ4v) is 1.96. The van der Waals surface area contributed by atoms with Crippen molar-refractivity contribution >= 4 is 5.95 Å². The lowest BCUT2D eigenvalue weighted by Crippen LogP contribution is -2.31. The molecule has 0 aliphatic carbocycles. The second kappa shape index (κ2) is 5.61. The number of hydrogen-bond donors (Lipinski definition) is 0. The smallest absolute Gasteiger partial charge is 0.227 e. The Morgan fingerprint density at radius 1 is 1.50 bits per heavy atom. The Balaban J connectivity index is 2.15. The Bertz CT molecular complexity index is 504. The number of rotatable bonds is 3. The van der Waals surface area contributed by atoms with Gasteiger partial charge in [0.05, 0.1) is 6.61 Å². The fraction of sp³-hybridized carbons (Fsp3) is 0.462. The van der Waals surface area contributed by atoms with Crippen LogP contribution in [0.3, 0.4) is 0 Å². The van der Waals surface area contributed by atoms with Crippen LogP contribution in [0.2, 0.25) is 0 Å². The van der Waals surface area contributed by atoms with Crippen LogP contribution in [0.15, 0.2) is 17.7 Å². The first-order valence-corrected chi connectivity index (χ1v) is 5.90. The van der Waals surface area contributed by atoms with Crippen molar-refractivity contribution in [3.63, 3.8) is 0 Å². The maximum atomic E-state index is 8.91. The van der Waals surface area contributed by atoms with E-state index in [0.29, 0.717) is 18.2 Å². The molecule has 0 saturated carbocycles. The van der Waals surface area contributed by atoms with Gasteiger partial charge in [0.25, 0.3) is 0 Å². The van der Waals surface area contributed by atoms with Crippen LogP contribution >= 0.6 is 0 Å². The molecule has 0 radical (unpaired) electrons. The average molecular weight is 244 g/mol. The highest BCUT2D eigenvalue weighted by molar-refractivity contribution is 5.38. The van der Waals surface area contributed by atoms with Gasteiger partial charge in [-0.05, 0) is 25.0 Å². The number of ether oxygens (including phenoxy) is 1. The Morgan fingerprint density at radius 3 is 2.94 bits per heavy atom. The van der Waals surface area contributed by atoms with E-state index in [0.717, 1.165) is 25.2 Å². The maximum Gasteiger partial charge on any atom is 0.227 e. The molecule has 0 bridgehead atoms. The molecule has 5 nitrogen and oxygen atoms in total. The molecule has 2 heterocycles. The topological polar surface area (TPSA) is 62.0 Å². The van der Waals surface area contributed by atoms with Crippen molar-refractivity contribution in [1.29, 1.82) is 5.26 Å². The molecule has 0 aromatic carbocycles. The Kier molecular flexibility index (Phi) is 3.90. The molecule has 0 spiro atoms. The molecule has 0 atom stereocenters. The molecule has 1 aliphatic heterocycles. The van der Waals surface area contributed by atoms with Crippen molar-refractivity contribution in [2.45, 2.75) is 13.3 Å². The first-order chi connectivity index (χ1) is 8.72. The van der Waals surface area contributed by atoms with E-state index in [9.17, 15) is 0 Å². The van der Waals surface area contributed by atoms with Crippen molar-refractivity contribution in [2.24, 2.45) is 0 Å². The number of aromatic nitrogens is 2. The second-order valence-electron chi connectivity index (χ2n) is 4.30. The summed E-state index contributed by atoms with van der Waals surface area (Å²) in [6.07, 6.45) is 3.10. The third-order valence-electron chi connectivity index (χ3n) is 2.87. The lowest BCUT2D eigenvalue weighted by Gasteiger charge is -2.26. The van der Waals surface area contributed by atoms with Crippen LogP contribution in [0.4, 0.5) is 5.95 Å². The summed E-state index contributed by atoms with van der Waals surface area (Å²) in [5.74, 6) is 0.638. The van der Waals surface area contributed by atoms with Gasteiger partial charge in [-0.25, -0.2) is 9.97 Å². The molecule has 0 fully saturated rings. The Morgan fingerprint density at radius 2 is 2.33 bits per heavy atom. The van der Waals surface area contributed by atoms with Crippen molar-refractivity contribution in [1.82, 2.24) is 9.97 Å². The van der Waals surface area contributed by atoms with Crippen LogP contribution < -0.4 is 4.90 Å². The van der Waals surface area contributed by atoms with Crippen molar-refractivity contribution in [3.05, 3.63) is 29.1 Å². The summed E-state index contributed by atoms with van der Waals surface area (Å²) in [5, 5.41) is 8.91. The van der Waals surface area contributed by atoms with Gasteiger partial charge in [0.15, 0.2) is 0 Å². The third-order valence-corrected chi connectivity index (χ3v) is 2.87. The maximum absolute atomic E-state index is 8.91. The molecule has 1 aromatic heterocycles.